The number of hydrogen-bond donors (Lipinski definition) is 3. The zero-order valence-corrected chi connectivity index (χ0v) is 21.9. The minimum atomic E-state index is -1.53. The van der Waals surface area contributed by atoms with Crippen molar-refractivity contribution in [2.45, 2.75) is 36.8 Å². The Balaban J connectivity index is 2.25. The van der Waals surface area contributed by atoms with Crippen LogP contribution in [-0.2, 0) is 20.8 Å². The van der Waals surface area contributed by atoms with E-state index in [0.717, 1.165) is 12.1 Å². The lowest BCUT2D eigenvalue weighted by atomic mass is 10.1. The predicted molar refractivity (Wildman–Crippen MR) is 136 cm³/mol. The average Bonchev–Trinajstić information content (AvgIpc) is 2.77. The minimum absolute atomic E-state index is 0.00746. The van der Waals surface area contributed by atoms with Gasteiger partial charge in [-0.15, -0.1) is 23.2 Å². The maximum Gasteiger partial charge on any atom is 0.277 e. The van der Waals surface area contributed by atoms with E-state index < -0.39 is 61.5 Å². The van der Waals surface area contributed by atoms with Crippen molar-refractivity contribution >= 4 is 80.8 Å². The fourth-order valence-electron chi connectivity index (χ4n) is 2.81. The van der Waals surface area contributed by atoms with E-state index in [4.69, 9.17) is 34.8 Å². The molecule has 0 saturated carbocycles. The van der Waals surface area contributed by atoms with E-state index in [1.54, 1.807) is 6.92 Å². The van der Waals surface area contributed by atoms with Crippen LogP contribution in [0.15, 0.2) is 30.3 Å². The molecule has 2 aromatic carbocycles. The highest BCUT2D eigenvalue weighted by Crippen LogP contribution is 2.29. The van der Waals surface area contributed by atoms with E-state index in [1.165, 1.54) is 32.0 Å². The molecule has 190 valence electrons. The number of anilines is 3. The molecule has 0 aliphatic carbocycles. The van der Waals surface area contributed by atoms with Crippen LogP contribution in [-0.4, -0.2) is 37.6 Å². The average molecular weight is 569 g/mol. The Labute approximate surface area is 219 Å². The van der Waals surface area contributed by atoms with Crippen molar-refractivity contribution in [3.63, 3.8) is 0 Å². The first-order valence-corrected chi connectivity index (χ1v) is 12.7. The van der Waals surface area contributed by atoms with E-state index in [9.17, 15) is 27.7 Å². The SMILES string of the molecule is CC[S+]([O-])C(C)C(=O)Nc1c(F)ccc(NC(=O)c2cc(NC(=O)CC(C)(Cl)Cl)ccc2Cl)c1F. The molecule has 0 fully saturated rings. The molecule has 13 heteroatoms. The van der Waals surface area contributed by atoms with Crippen molar-refractivity contribution in [2.75, 3.05) is 21.7 Å². The van der Waals surface area contributed by atoms with Gasteiger partial charge in [-0.3, -0.25) is 14.4 Å². The molecule has 2 aromatic rings. The Morgan fingerprint density at radius 3 is 2.37 bits per heavy atom. The molecule has 0 aromatic heterocycles. The fraction of sp³-hybridized carbons (Fsp3) is 0.318. The summed E-state index contributed by atoms with van der Waals surface area (Å²) in [6.45, 7) is 4.41. The van der Waals surface area contributed by atoms with Gasteiger partial charge in [-0.2, -0.15) is 0 Å². The monoisotopic (exact) mass is 567 g/mol. The largest absolute Gasteiger partial charge is 0.616 e. The number of halogens is 5. The molecular formula is C22H22Cl3F2N3O4S. The molecular weight excluding hydrogens is 547 g/mol. The molecule has 0 saturated heterocycles. The van der Waals surface area contributed by atoms with Crippen LogP contribution < -0.4 is 16.0 Å². The summed E-state index contributed by atoms with van der Waals surface area (Å²) in [5.74, 6) is -4.37. The zero-order valence-electron chi connectivity index (χ0n) is 18.8. The second kappa shape index (κ2) is 12.2. The van der Waals surface area contributed by atoms with Crippen LogP contribution in [0.1, 0.15) is 37.6 Å². The van der Waals surface area contributed by atoms with E-state index >= 15 is 0 Å². The molecule has 2 unspecified atom stereocenters. The quantitative estimate of drug-likeness (QED) is 0.274. The lowest BCUT2D eigenvalue weighted by Gasteiger charge is -2.17. The second-order valence-corrected chi connectivity index (χ2v) is 11.8. The third-order valence-electron chi connectivity index (χ3n) is 4.60. The third kappa shape index (κ3) is 8.22. The summed E-state index contributed by atoms with van der Waals surface area (Å²) in [4.78, 5) is 37.1. The summed E-state index contributed by atoms with van der Waals surface area (Å²) in [6.07, 6.45) is -0.222. The summed E-state index contributed by atoms with van der Waals surface area (Å²) >= 11 is 16.2. The molecule has 7 nitrogen and oxygen atoms in total. The Morgan fingerprint density at radius 1 is 1.11 bits per heavy atom. The van der Waals surface area contributed by atoms with Crippen LogP contribution in [0, 0.1) is 11.6 Å². The summed E-state index contributed by atoms with van der Waals surface area (Å²) in [7, 11) is 0. The summed E-state index contributed by atoms with van der Waals surface area (Å²) < 4.78 is 39.7. The van der Waals surface area contributed by atoms with Gasteiger partial charge in [0.05, 0.1) is 22.7 Å². The number of amides is 3. The van der Waals surface area contributed by atoms with Crippen LogP contribution in [0.25, 0.3) is 0 Å². The summed E-state index contributed by atoms with van der Waals surface area (Å²) in [5.41, 5.74) is -1.16. The second-order valence-electron chi connectivity index (χ2n) is 7.53. The minimum Gasteiger partial charge on any atom is -0.616 e. The Bertz CT molecular complexity index is 1130. The zero-order chi connectivity index (χ0) is 26.5. The Kier molecular flexibility index (Phi) is 10.2. The van der Waals surface area contributed by atoms with Crippen molar-refractivity contribution < 1.29 is 27.7 Å². The third-order valence-corrected chi connectivity index (χ3v) is 6.77. The van der Waals surface area contributed by atoms with Crippen LogP contribution in [0.5, 0.6) is 0 Å². The summed E-state index contributed by atoms with van der Waals surface area (Å²) in [6, 6.07) is 5.84. The van der Waals surface area contributed by atoms with Crippen molar-refractivity contribution in [2.24, 2.45) is 0 Å². The van der Waals surface area contributed by atoms with Gasteiger partial charge >= 0.3 is 0 Å². The van der Waals surface area contributed by atoms with Crippen LogP contribution in [0.2, 0.25) is 5.02 Å². The van der Waals surface area contributed by atoms with Crippen LogP contribution in [0.4, 0.5) is 25.8 Å². The smallest absolute Gasteiger partial charge is 0.277 e. The molecule has 0 bridgehead atoms. The number of nitrogens with one attached hydrogen (secondary N) is 3. The molecule has 0 aliphatic rings. The Morgan fingerprint density at radius 2 is 1.77 bits per heavy atom. The van der Waals surface area contributed by atoms with E-state index in [1.807, 2.05) is 0 Å². The van der Waals surface area contributed by atoms with Crippen molar-refractivity contribution in [3.8, 4) is 0 Å². The molecule has 0 radical (unpaired) electrons. The van der Waals surface area contributed by atoms with Gasteiger partial charge in [0.25, 0.3) is 11.8 Å². The lowest BCUT2D eigenvalue weighted by Crippen LogP contribution is -2.34. The molecule has 0 heterocycles. The molecule has 3 amide bonds. The number of rotatable bonds is 9. The highest BCUT2D eigenvalue weighted by molar-refractivity contribution is 7.92. The van der Waals surface area contributed by atoms with Crippen molar-refractivity contribution in [3.05, 3.63) is 52.6 Å². The molecule has 3 N–H and O–H groups in total. The van der Waals surface area contributed by atoms with Gasteiger partial charge in [0.15, 0.2) is 11.1 Å². The molecule has 2 rings (SSSR count). The fourth-order valence-corrected chi connectivity index (χ4v) is 4.06. The first-order valence-electron chi connectivity index (χ1n) is 10.2. The normalized spacial score (nSPS) is 13.1. The number of hydrogen-bond acceptors (Lipinski definition) is 4. The van der Waals surface area contributed by atoms with Crippen molar-refractivity contribution in [1.82, 2.24) is 0 Å². The molecule has 35 heavy (non-hydrogen) atoms. The maximum atomic E-state index is 15.0. The highest BCUT2D eigenvalue weighted by atomic mass is 35.5. The highest BCUT2D eigenvalue weighted by Gasteiger charge is 2.27. The predicted octanol–water partition coefficient (Wildman–Crippen LogP) is 5.49. The number of benzene rings is 2. The first-order chi connectivity index (χ1) is 16.2. The standard InChI is InChI=1S/C22H22Cl3F2N3O4S/c1-4-35(34)11(2)20(32)30-19-15(26)7-8-16(18(19)27)29-21(33)13-9-12(5-6-14(13)23)28-17(31)10-22(3,24)25/h5-9,11H,4,10H2,1-3H3,(H,28,31)(H,29,33)(H,30,32). The number of carbonyl (C=O) groups excluding carboxylic acids is 3. The van der Waals surface area contributed by atoms with Gasteiger partial charge in [-0.05, 0) is 62.3 Å². The Hall–Kier alpha value is -2.11. The van der Waals surface area contributed by atoms with E-state index in [-0.39, 0.29) is 28.4 Å². The topological polar surface area (TPSA) is 110 Å². The van der Waals surface area contributed by atoms with Gasteiger partial charge in [0, 0.05) is 5.69 Å². The summed E-state index contributed by atoms with van der Waals surface area (Å²) in [5, 5.41) is 5.84. The van der Waals surface area contributed by atoms with Crippen molar-refractivity contribution in [1.29, 1.82) is 0 Å². The van der Waals surface area contributed by atoms with Gasteiger partial charge in [0.1, 0.15) is 21.6 Å². The number of carbonyl (C=O) groups is 3. The lowest BCUT2D eigenvalue weighted by molar-refractivity contribution is -0.116. The van der Waals surface area contributed by atoms with Gasteiger partial charge in [0.2, 0.25) is 5.91 Å². The maximum absolute atomic E-state index is 15.0. The van der Waals surface area contributed by atoms with Gasteiger partial charge < -0.3 is 20.5 Å². The van der Waals surface area contributed by atoms with E-state index in [2.05, 4.69) is 16.0 Å². The van der Waals surface area contributed by atoms with Gasteiger partial charge in [-0.25, -0.2) is 8.78 Å². The van der Waals surface area contributed by atoms with Crippen LogP contribution in [0.3, 0.4) is 0 Å². The molecule has 0 aliphatic heterocycles. The number of alkyl halides is 2. The molecule has 0 spiro atoms. The van der Waals surface area contributed by atoms with Gasteiger partial charge in [-0.1, -0.05) is 11.6 Å². The molecule has 2 atom stereocenters. The first kappa shape index (κ1) is 29.1. The van der Waals surface area contributed by atoms with E-state index in [0.29, 0.717) is 0 Å². The van der Waals surface area contributed by atoms with Crippen LogP contribution >= 0.6 is 34.8 Å².